The van der Waals surface area contributed by atoms with Gasteiger partial charge < -0.3 is 10.1 Å². The van der Waals surface area contributed by atoms with Gasteiger partial charge in [0.25, 0.3) is 5.91 Å². The van der Waals surface area contributed by atoms with Gasteiger partial charge in [-0.1, -0.05) is 30.1 Å². The van der Waals surface area contributed by atoms with Crippen LogP contribution in [0.3, 0.4) is 0 Å². The molecule has 152 valence electrons. The van der Waals surface area contributed by atoms with Crippen molar-refractivity contribution in [3.63, 3.8) is 0 Å². The molecule has 2 atom stereocenters. The minimum absolute atomic E-state index is 0.128. The maximum Gasteiger partial charge on any atom is 0.265 e. The molecule has 2 aromatic rings. The van der Waals surface area contributed by atoms with E-state index in [0.29, 0.717) is 27.9 Å². The molecule has 2 N–H and O–H groups in total. The highest BCUT2D eigenvalue weighted by atomic mass is 35.5. The molecular formula is C19H22Cl2N2O4S. The lowest BCUT2D eigenvalue weighted by molar-refractivity contribution is -0.122. The Labute approximate surface area is 175 Å². The molecule has 2 rings (SSSR count). The van der Waals surface area contributed by atoms with Gasteiger partial charge in [0.1, 0.15) is 5.75 Å². The molecule has 0 saturated carbocycles. The number of rotatable bonds is 8. The number of sulfonamides is 1. The van der Waals surface area contributed by atoms with Gasteiger partial charge in [0.15, 0.2) is 6.10 Å². The average Bonchev–Trinajstić information content (AvgIpc) is 2.63. The molecular weight excluding hydrogens is 423 g/mol. The fourth-order valence-electron chi connectivity index (χ4n) is 2.19. The highest BCUT2D eigenvalue weighted by Gasteiger charge is 2.19. The van der Waals surface area contributed by atoms with Crippen molar-refractivity contribution in [1.82, 2.24) is 4.72 Å². The molecule has 0 fully saturated rings. The van der Waals surface area contributed by atoms with Crippen LogP contribution in [0.25, 0.3) is 0 Å². The summed E-state index contributed by atoms with van der Waals surface area (Å²) in [6.45, 7) is 5.27. The second kappa shape index (κ2) is 9.60. The molecule has 1 amide bonds. The number of carbonyl (C=O) groups is 1. The fourth-order valence-corrected chi connectivity index (χ4v) is 3.97. The van der Waals surface area contributed by atoms with E-state index >= 15 is 0 Å². The molecule has 6 nitrogen and oxygen atoms in total. The van der Waals surface area contributed by atoms with Crippen LogP contribution < -0.4 is 14.8 Å². The molecule has 0 spiro atoms. The van der Waals surface area contributed by atoms with Gasteiger partial charge in [0.2, 0.25) is 10.0 Å². The van der Waals surface area contributed by atoms with Gasteiger partial charge in [-0.3, -0.25) is 4.79 Å². The molecule has 0 radical (unpaired) electrons. The number of anilines is 1. The van der Waals surface area contributed by atoms with E-state index in [4.69, 9.17) is 27.9 Å². The van der Waals surface area contributed by atoms with Gasteiger partial charge >= 0.3 is 0 Å². The van der Waals surface area contributed by atoms with Crippen molar-refractivity contribution >= 4 is 44.8 Å². The summed E-state index contributed by atoms with van der Waals surface area (Å²) in [5.74, 6) is -0.0642. The van der Waals surface area contributed by atoms with Crippen molar-refractivity contribution in [3.05, 3.63) is 52.5 Å². The monoisotopic (exact) mass is 444 g/mol. The zero-order valence-corrected chi connectivity index (χ0v) is 18.0. The summed E-state index contributed by atoms with van der Waals surface area (Å²) >= 11 is 11.9. The number of carbonyl (C=O) groups excluding carboxylic acids is 1. The molecule has 0 aliphatic rings. The Morgan fingerprint density at radius 1 is 1.11 bits per heavy atom. The van der Waals surface area contributed by atoms with Crippen molar-refractivity contribution in [2.45, 2.75) is 44.2 Å². The maximum absolute atomic E-state index is 12.3. The molecule has 28 heavy (non-hydrogen) atoms. The van der Waals surface area contributed by atoms with Crippen molar-refractivity contribution < 1.29 is 17.9 Å². The van der Waals surface area contributed by atoms with E-state index in [1.54, 1.807) is 26.0 Å². The highest BCUT2D eigenvalue weighted by molar-refractivity contribution is 7.89. The molecule has 0 aliphatic carbocycles. The third-order valence-corrected chi connectivity index (χ3v) is 6.10. The Hall–Kier alpha value is -1.80. The van der Waals surface area contributed by atoms with E-state index in [1.165, 1.54) is 30.3 Å². The maximum atomic E-state index is 12.3. The van der Waals surface area contributed by atoms with E-state index in [0.717, 1.165) is 0 Å². The molecule has 0 unspecified atom stereocenters. The van der Waals surface area contributed by atoms with E-state index < -0.39 is 22.0 Å². The van der Waals surface area contributed by atoms with E-state index in [-0.39, 0.29) is 10.9 Å². The van der Waals surface area contributed by atoms with Crippen LogP contribution in [0.5, 0.6) is 5.75 Å². The zero-order chi connectivity index (χ0) is 20.9. The van der Waals surface area contributed by atoms with E-state index in [2.05, 4.69) is 10.0 Å². The first kappa shape index (κ1) is 22.5. The summed E-state index contributed by atoms with van der Waals surface area (Å²) in [5.41, 5.74) is 0.449. The normalized spacial score (nSPS) is 13.6. The fraction of sp³-hybridized carbons (Fsp3) is 0.316. The van der Waals surface area contributed by atoms with Crippen LogP contribution in [0.2, 0.25) is 10.0 Å². The molecule has 2 aromatic carbocycles. The van der Waals surface area contributed by atoms with Crippen molar-refractivity contribution in [1.29, 1.82) is 0 Å². The van der Waals surface area contributed by atoms with Crippen molar-refractivity contribution in [2.24, 2.45) is 0 Å². The lowest BCUT2D eigenvalue weighted by Crippen LogP contribution is -2.32. The third-order valence-electron chi connectivity index (χ3n) is 3.97. The van der Waals surface area contributed by atoms with Crippen LogP contribution in [0.1, 0.15) is 27.2 Å². The number of ether oxygens (including phenoxy) is 1. The van der Waals surface area contributed by atoms with Gasteiger partial charge in [-0.25, -0.2) is 13.1 Å². The van der Waals surface area contributed by atoms with Gasteiger partial charge in [-0.2, -0.15) is 0 Å². The largest absolute Gasteiger partial charge is 0.479 e. The second-order valence-corrected chi connectivity index (χ2v) is 8.84. The third kappa shape index (κ3) is 6.10. The zero-order valence-electron chi connectivity index (χ0n) is 15.7. The Balaban J connectivity index is 2.02. The molecule has 0 aromatic heterocycles. The minimum atomic E-state index is -3.60. The molecule has 0 aliphatic heterocycles. The Kier molecular flexibility index (Phi) is 7.71. The van der Waals surface area contributed by atoms with Crippen molar-refractivity contribution in [3.8, 4) is 5.75 Å². The smallest absolute Gasteiger partial charge is 0.265 e. The van der Waals surface area contributed by atoms with Crippen LogP contribution in [-0.4, -0.2) is 26.5 Å². The predicted octanol–water partition coefficient (Wildman–Crippen LogP) is 4.48. The summed E-state index contributed by atoms with van der Waals surface area (Å²) in [6.07, 6.45) is -0.141. The van der Waals surface area contributed by atoms with E-state index in [1.807, 2.05) is 6.92 Å². The number of benzene rings is 2. The van der Waals surface area contributed by atoms with Gasteiger partial charge in [0.05, 0.1) is 9.92 Å². The number of nitrogens with one attached hydrogen (secondary N) is 2. The topological polar surface area (TPSA) is 84.5 Å². The average molecular weight is 445 g/mol. The quantitative estimate of drug-likeness (QED) is 0.628. The van der Waals surface area contributed by atoms with Crippen LogP contribution in [0, 0.1) is 0 Å². The minimum Gasteiger partial charge on any atom is -0.479 e. The Morgan fingerprint density at radius 3 is 2.32 bits per heavy atom. The number of amides is 1. The molecule has 0 bridgehead atoms. The first-order valence-corrected chi connectivity index (χ1v) is 10.9. The Bertz CT molecular complexity index is 933. The molecule has 9 heteroatoms. The van der Waals surface area contributed by atoms with Gasteiger partial charge in [-0.05, 0) is 62.7 Å². The number of hydrogen-bond acceptors (Lipinski definition) is 4. The molecule has 0 saturated heterocycles. The highest BCUT2D eigenvalue weighted by Crippen LogP contribution is 2.28. The summed E-state index contributed by atoms with van der Waals surface area (Å²) < 4.78 is 32.7. The first-order chi connectivity index (χ1) is 13.1. The lowest BCUT2D eigenvalue weighted by atomic mass is 10.3. The summed E-state index contributed by atoms with van der Waals surface area (Å²) in [6, 6.07) is 10.5. The summed E-state index contributed by atoms with van der Waals surface area (Å²) in [5, 5.41) is 3.44. The number of hydrogen-bond donors (Lipinski definition) is 2. The molecule has 0 heterocycles. The van der Waals surface area contributed by atoms with Crippen LogP contribution in [0.15, 0.2) is 47.4 Å². The van der Waals surface area contributed by atoms with E-state index in [9.17, 15) is 13.2 Å². The Morgan fingerprint density at radius 2 is 1.75 bits per heavy atom. The summed E-state index contributed by atoms with van der Waals surface area (Å²) in [4.78, 5) is 12.5. The first-order valence-electron chi connectivity index (χ1n) is 8.67. The second-order valence-electron chi connectivity index (χ2n) is 6.28. The van der Waals surface area contributed by atoms with Crippen LogP contribution >= 0.6 is 23.2 Å². The summed E-state index contributed by atoms with van der Waals surface area (Å²) in [7, 11) is -3.60. The van der Waals surface area contributed by atoms with Crippen LogP contribution in [-0.2, 0) is 14.8 Å². The van der Waals surface area contributed by atoms with Gasteiger partial charge in [0, 0.05) is 16.8 Å². The lowest BCUT2D eigenvalue weighted by Gasteiger charge is -2.16. The number of halogens is 2. The van der Waals surface area contributed by atoms with Crippen molar-refractivity contribution in [2.75, 3.05) is 5.32 Å². The predicted molar refractivity (Wildman–Crippen MR) is 112 cm³/mol. The standard InChI is InChI=1S/C19H22Cl2N2O4S/c1-4-12(2)23-28(25,26)16-8-6-15(7-9-16)22-19(24)13(3)27-18-10-5-14(20)11-17(18)21/h5-13,23H,4H2,1-3H3,(H,22,24)/t12-,13+/m0/s1. The SMILES string of the molecule is CC[C@H](C)NS(=O)(=O)c1ccc(NC(=O)[C@@H](C)Oc2ccc(Cl)cc2Cl)cc1. The van der Waals surface area contributed by atoms with Crippen LogP contribution in [0.4, 0.5) is 5.69 Å². The van der Waals surface area contributed by atoms with Gasteiger partial charge in [-0.15, -0.1) is 0 Å².